The van der Waals surface area contributed by atoms with Gasteiger partial charge in [0.25, 0.3) is 0 Å². The number of hydrogen-bond donors (Lipinski definition) is 3. The van der Waals surface area contributed by atoms with Gasteiger partial charge in [-0.05, 0) is 31.3 Å². The highest BCUT2D eigenvalue weighted by Crippen LogP contribution is 2.11. The van der Waals surface area contributed by atoms with Crippen LogP contribution in [0, 0.1) is 0 Å². The van der Waals surface area contributed by atoms with Gasteiger partial charge >= 0.3 is 11.9 Å². The first-order chi connectivity index (χ1) is 9.51. The van der Waals surface area contributed by atoms with Gasteiger partial charge in [-0.3, -0.25) is 4.79 Å². The number of carbonyl (C=O) groups is 2. The van der Waals surface area contributed by atoms with E-state index >= 15 is 0 Å². The molecule has 1 heterocycles. The van der Waals surface area contributed by atoms with Crippen LogP contribution in [0.25, 0.3) is 0 Å². The SMILES string of the molecule is C=CC(=O)O.CSCC[C@H](NCC1CCCO1)C(=O)O. The van der Waals surface area contributed by atoms with Crippen molar-refractivity contribution in [3.05, 3.63) is 12.7 Å². The van der Waals surface area contributed by atoms with Gasteiger partial charge in [-0.15, -0.1) is 0 Å². The molecule has 20 heavy (non-hydrogen) atoms. The maximum Gasteiger partial charge on any atom is 0.327 e. The molecular weight excluding hydrogens is 282 g/mol. The van der Waals surface area contributed by atoms with Crippen LogP contribution in [-0.4, -0.2) is 59.5 Å². The number of thioether (sulfide) groups is 1. The second-order valence-electron chi connectivity index (χ2n) is 4.26. The molecule has 0 aromatic heterocycles. The van der Waals surface area contributed by atoms with Gasteiger partial charge in [-0.25, -0.2) is 4.79 Å². The van der Waals surface area contributed by atoms with Crippen LogP contribution in [-0.2, 0) is 14.3 Å². The highest BCUT2D eigenvalue weighted by Gasteiger charge is 2.20. The molecule has 0 aliphatic carbocycles. The fourth-order valence-corrected chi connectivity index (χ4v) is 2.10. The molecule has 0 amide bonds. The lowest BCUT2D eigenvalue weighted by Crippen LogP contribution is -2.41. The van der Waals surface area contributed by atoms with Crippen LogP contribution < -0.4 is 5.32 Å². The first-order valence-electron chi connectivity index (χ1n) is 6.43. The Morgan fingerprint density at radius 3 is 2.60 bits per heavy atom. The molecule has 116 valence electrons. The van der Waals surface area contributed by atoms with E-state index in [2.05, 4.69) is 11.9 Å². The Hall–Kier alpha value is -1.05. The molecule has 1 rings (SSSR count). The van der Waals surface area contributed by atoms with Crippen molar-refractivity contribution in [3.8, 4) is 0 Å². The molecule has 0 aromatic rings. The molecule has 0 saturated carbocycles. The van der Waals surface area contributed by atoms with Crippen molar-refractivity contribution in [3.63, 3.8) is 0 Å². The number of rotatable bonds is 8. The van der Waals surface area contributed by atoms with Crippen LogP contribution in [0.3, 0.4) is 0 Å². The van der Waals surface area contributed by atoms with E-state index in [4.69, 9.17) is 14.9 Å². The highest BCUT2D eigenvalue weighted by molar-refractivity contribution is 7.98. The number of ether oxygens (including phenoxy) is 1. The third kappa shape index (κ3) is 9.82. The lowest BCUT2D eigenvalue weighted by atomic mass is 10.2. The first-order valence-corrected chi connectivity index (χ1v) is 7.82. The number of nitrogens with one attached hydrogen (secondary N) is 1. The summed E-state index contributed by atoms with van der Waals surface area (Å²) in [5, 5.41) is 19.6. The molecule has 1 fully saturated rings. The van der Waals surface area contributed by atoms with E-state index in [0.717, 1.165) is 31.3 Å². The van der Waals surface area contributed by atoms with Crippen LogP contribution in [0.5, 0.6) is 0 Å². The van der Waals surface area contributed by atoms with Crippen molar-refractivity contribution in [1.29, 1.82) is 0 Å². The molecule has 0 radical (unpaired) electrons. The quantitative estimate of drug-likeness (QED) is 0.580. The van der Waals surface area contributed by atoms with Gasteiger partial charge in [0.1, 0.15) is 6.04 Å². The largest absolute Gasteiger partial charge is 0.480 e. The van der Waals surface area contributed by atoms with Crippen molar-refractivity contribution in [2.75, 3.05) is 25.2 Å². The van der Waals surface area contributed by atoms with Gasteiger partial charge in [0, 0.05) is 19.2 Å². The third-order valence-corrected chi connectivity index (χ3v) is 3.34. The smallest absolute Gasteiger partial charge is 0.327 e. The Bertz CT molecular complexity index is 305. The topological polar surface area (TPSA) is 95.9 Å². The Morgan fingerprint density at radius 1 is 1.55 bits per heavy atom. The summed E-state index contributed by atoms with van der Waals surface area (Å²) >= 11 is 1.67. The zero-order valence-electron chi connectivity index (χ0n) is 11.7. The van der Waals surface area contributed by atoms with E-state index in [-0.39, 0.29) is 6.10 Å². The van der Waals surface area contributed by atoms with E-state index < -0.39 is 18.0 Å². The third-order valence-electron chi connectivity index (χ3n) is 2.70. The fourth-order valence-electron chi connectivity index (χ4n) is 1.63. The second-order valence-corrected chi connectivity index (χ2v) is 5.24. The zero-order chi connectivity index (χ0) is 15.4. The normalized spacial score (nSPS) is 18.8. The summed E-state index contributed by atoms with van der Waals surface area (Å²) < 4.78 is 5.43. The second kappa shape index (κ2) is 11.7. The minimum atomic E-state index is -0.981. The lowest BCUT2D eigenvalue weighted by molar-refractivity contribution is -0.139. The number of aliphatic carboxylic acids is 2. The number of hydrogen-bond acceptors (Lipinski definition) is 5. The average Bonchev–Trinajstić information content (AvgIpc) is 2.92. The van der Waals surface area contributed by atoms with Crippen LogP contribution in [0.4, 0.5) is 0 Å². The summed E-state index contributed by atoms with van der Waals surface area (Å²) in [6, 6.07) is -0.429. The molecule has 6 nitrogen and oxygen atoms in total. The van der Waals surface area contributed by atoms with E-state index in [1.54, 1.807) is 11.8 Å². The predicted molar refractivity (Wildman–Crippen MR) is 79.2 cm³/mol. The molecule has 7 heteroatoms. The van der Waals surface area contributed by atoms with Gasteiger partial charge in [-0.1, -0.05) is 6.58 Å². The Morgan fingerprint density at radius 2 is 2.20 bits per heavy atom. The van der Waals surface area contributed by atoms with Crippen molar-refractivity contribution >= 4 is 23.7 Å². The van der Waals surface area contributed by atoms with E-state index in [0.29, 0.717) is 13.0 Å². The zero-order valence-corrected chi connectivity index (χ0v) is 12.5. The summed E-state index contributed by atoms with van der Waals surface area (Å²) in [5.41, 5.74) is 0. The molecule has 0 spiro atoms. The fraction of sp³-hybridized carbons (Fsp3) is 0.692. The van der Waals surface area contributed by atoms with Gasteiger partial charge < -0.3 is 20.3 Å². The summed E-state index contributed by atoms with van der Waals surface area (Å²) in [7, 11) is 0. The predicted octanol–water partition coefficient (Wildman–Crippen LogP) is 1.22. The molecule has 1 saturated heterocycles. The van der Waals surface area contributed by atoms with Gasteiger partial charge in [0.05, 0.1) is 6.10 Å². The van der Waals surface area contributed by atoms with E-state index in [9.17, 15) is 9.59 Å². The molecule has 1 unspecified atom stereocenters. The monoisotopic (exact) mass is 305 g/mol. The van der Waals surface area contributed by atoms with Gasteiger partial charge in [-0.2, -0.15) is 11.8 Å². The molecular formula is C13H23NO5S. The van der Waals surface area contributed by atoms with Gasteiger partial charge in [0.15, 0.2) is 0 Å². The molecule has 0 aromatic carbocycles. The lowest BCUT2D eigenvalue weighted by Gasteiger charge is -2.16. The highest BCUT2D eigenvalue weighted by atomic mass is 32.2. The minimum Gasteiger partial charge on any atom is -0.480 e. The molecule has 1 aliphatic rings. The molecule has 2 atom stereocenters. The van der Waals surface area contributed by atoms with E-state index in [1.165, 1.54) is 0 Å². The van der Waals surface area contributed by atoms with Crippen LogP contribution >= 0.6 is 11.8 Å². The maximum absolute atomic E-state index is 10.9. The Balaban J connectivity index is 0.000000621. The van der Waals surface area contributed by atoms with Crippen LogP contribution in [0.1, 0.15) is 19.3 Å². The average molecular weight is 305 g/mol. The standard InChI is InChI=1S/C10H19NO3S.C3H4O2/c1-15-6-4-9(10(12)13)11-7-8-3-2-5-14-8;1-2-3(4)5/h8-9,11H,2-7H2,1H3,(H,12,13);2H,1H2,(H,4,5)/t8?,9-;/m0./s1. The number of carboxylic acid groups (broad SMARTS) is 2. The van der Waals surface area contributed by atoms with Crippen molar-refractivity contribution in [2.45, 2.75) is 31.4 Å². The summed E-state index contributed by atoms with van der Waals surface area (Å²) in [6.45, 7) is 4.43. The Labute approximate surface area is 123 Å². The van der Waals surface area contributed by atoms with Gasteiger partial charge in [0.2, 0.25) is 0 Å². The van der Waals surface area contributed by atoms with Crippen molar-refractivity contribution < 1.29 is 24.5 Å². The minimum absolute atomic E-state index is 0.209. The van der Waals surface area contributed by atoms with Crippen LogP contribution in [0.15, 0.2) is 12.7 Å². The molecule has 3 N–H and O–H groups in total. The molecule has 0 bridgehead atoms. The first kappa shape index (κ1) is 18.9. The van der Waals surface area contributed by atoms with Crippen molar-refractivity contribution in [1.82, 2.24) is 5.32 Å². The summed E-state index contributed by atoms with van der Waals surface area (Å²) in [5.74, 6) is -0.873. The summed E-state index contributed by atoms with van der Waals surface area (Å²) in [6.07, 6.45) is 5.83. The van der Waals surface area contributed by atoms with E-state index in [1.807, 2.05) is 6.26 Å². The van der Waals surface area contributed by atoms with Crippen LogP contribution in [0.2, 0.25) is 0 Å². The van der Waals surface area contributed by atoms with Crippen molar-refractivity contribution in [2.24, 2.45) is 0 Å². The molecule has 1 aliphatic heterocycles. The maximum atomic E-state index is 10.9. The summed E-state index contributed by atoms with van der Waals surface area (Å²) in [4.78, 5) is 20.1. The number of carboxylic acids is 2. The Kier molecular flexibility index (Phi) is 11.1.